The molecule has 0 saturated carbocycles. The van der Waals surface area contributed by atoms with Gasteiger partial charge < -0.3 is 25.0 Å². The van der Waals surface area contributed by atoms with Crippen molar-refractivity contribution in [3.05, 3.63) is 48.0 Å². The van der Waals surface area contributed by atoms with Crippen molar-refractivity contribution in [2.75, 3.05) is 63.7 Å². The zero-order valence-electron chi connectivity index (χ0n) is 18.3. The number of carbonyl (C=O) groups is 2. The Labute approximate surface area is 183 Å². The quantitative estimate of drug-likeness (QED) is 0.658. The first kappa shape index (κ1) is 22.4. The van der Waals surface area contributed by atoms with Crippen molar-refractivity contribution in [1.29, 1.82) is 0 Å². The Bertz CT molecular complexity index is 893. The Hall–Kier alpha value is -3.26. The highest BCUT2D eigenvalue weighted by molar-refractivity contribution is 6.39. The highest BCUT2D eigenvalue weighted by atomic mass is 16.5. The maximum absolute atomic E-state index is 12.2. The van der Waals surface area contributed by atoms with Gasteiger partial charge >= 0.3 is 11.8 Å². The molecule has 31 heavy (non-hydrogen) atoms. The SMILES string of the molecule is COc1ccc(N2CCN(CCNC(=O)C(=O)Nc3cc(C)ccc3OC)CC2)cc1. The fourth-order valence-corrected chi connectivity index (χ4v) is 3.53. The summed E-state index contributed by atoms with van der Waals surface area (Å²) in [4.78, 5) is 29.0. The van der Waals surface area contributed by atoms with E-state index in [1.807, 2.05) is 25.1 Å². The third-order valence-electron chi connectivity index (χ3n) is 5.33. The fraction of sp³-hybridized carbons (Fsp3) is 0.391. The van der Waals surface area contributed by atoms with Crippen molar-refractivity contribution in [2.45, 2.75) is 6.92 Å². The first-order chi connectivity index (χ1) is 15.0. The smallest absolute Gasteiger partial charge is 0.313 e. The Kier molecular flexibility index (Phi) is 7.72. The van der Waals surface area contributed by atoms with Gasteiger partial charge in [-0.25, -0.2) is 0 Å². The topological polar surface area (TPSA) is 83.1 Å². The molecule has 0 aromatic heterocycles. The third kappa shape index (κ3) is 6.11. The van der Waals surface area contributed by atoms with Crippen LogP contribution in [-0.2, 0) is 9.59 Å². The molecule has 2 N–H and O–H groups in total. The average molecular weight is 427 g/mol. The van der Waals surface area contributed by atoms with E-state index in [1.165, 1.54) is 12.8 Å². The summed E-state index contributed by atoms with van der Waals surface area (Å²) >= 11 is 0. The predicted molar refractivity (Wildman–Crippen MR) is 121 cm³/mol. The molecule has 1 saturated heterocycles. The summed E-state index contributed by atoms with van der Waals surface area (Å²) in [5.74, 6) is 0.0122. The number of aryl methyl sites for hydroxylation is 1. The lowest BCUT2D eigenvalue weighted by molar-refractivity contribution is -0.136. The molecule has 8 nitrogen and oxygen atoms in total. The van der Waals surface area contributed by atoms with E-state index in [1.54, 1.807) is 19.2 Å². The number of benzene rings is 2. The van der Waals surface area contributed by atoms with Crippen LogP contribution in [0, 0.1) is 6.92 Å². The van der Waals surface area contributed by atoms with Crippen LogP contribution in [0.25, 0.3) is 0 Å². The number of hydrogen-bond donors (Lipinski definition) is 2. The van der Waals surface area contributed by atoms with Gasteiger partial charge in [-0.3, -0.25) is 14.5 Å². The second-order valence-electron chi connectivity index (χ2n) is 7.44. The summed E-state index contributed by atoms with van der Waals surface area (Å²) in [5, 5.41) is 5.31. The molecule has 1 fully saturated rings. The Balaban J connectivity index is 1.40. The number of rotatable bonds is 7. The van der Waals surface area contributed by atoms with Crippen LogP contribution in [-0.4, -0.2) is 70.2 Å². The second kappa shape index (κ2) is 10.7. The van der Waals surface area contributed by atoms with Gasteiger partial charge in [-0.2, -0.15) is 0 Å². The Morgan fingerprint density at radius 3 is 2.29 bits per heavy atom. The molecule has 0 spiro atoms. The van der Waals surface area contributed by atoms with Gasteiger partial charge in [0, 0.05) is 45.0 Å². The molecule has 0 aliphatic carbocycles. The summed E-state index contributed by atoms with van der Waals surface area (Å²) in [6.07, 6.45) is 0. The van der Waals surface area contributed by atoms with E-state index in [-0.39, 0.29) is 0 Å². The molecule has 1 aliphatic rings. The number of nitrogens with one attached hydrogen (secondary N) is 2. The highest BCUT2D eigenvalue weighted by Gasteiger charge is 2.19. The van der Waals surface area contributed by atoms with Gasteiger partial charge in [0.2, 0.25) is 0 Å². The molecule has 0 bridgehead atoms. The first-order valence-corrected chi connectivity index (χ1v) is 10.4. The molecular weight excluding hydrogens is 396 g/mol. The minimum absolute atomic E-state index is 0.416. The molecule has 1 aliphatic heterocycles. The molecule has 0 atom stereocenters. The van der Waals surface area contributed by atoms with Crippen LogP contribution in [0.2, 0.25) is 0 Å². The van der Waals surface area contributed by atoms with Crippen molar-refractivity contribution < 1.29 is 19.1 Å². The van der Waals surface area contributed by atoms with Gasteiger partial charge in [0.25, 0.3) is 0 Å². The maximum Gasteiger partial charge on any atom is 0.313 e. The number of amides is 2. The van der Waals surface area contributed by atoms with E-state index in [0.29, 0.717) is 24.5 Å². The van der Waals surface area contributed by atoms with Crippen molar-refractivity contribution in [1.82, 2.24) is 10.2 Å². The van der Waals surface area contributed by atoms with Gasteiger partial charge in [0.15, 0.2) is 0 Å². The van der Waals surface area contributed by atoms with E-state index in [9.17, 15) is 9.59 Å². The lowest BCUT2D eigenvalue weighted by Crippen LogP contribution is -2.49. The molecule has 1 heterocycles. The summed E-state index contributed by atoms with van der Waals surface area (Å²) in [7, 11) is 3.18. The molecular formula is C23H30N4O4. The van der Waals surface area contributed by atoms with E-state index in [2.05, 4.69) is 32.6 Å². The van der Waals surface area contributed by atoms with Gasteiger partial charge in [0.05, 0.1) is 19.9 Å². The van der Waals surface area contributed by atoms with Crippen LogP contribution in [0.15, 0.2) is 42.5 Å². The normalized spacial score (nSPS) is 14.1. The van der Waals surface area contributed by atoms with Crippen LogP contribution in [0.5, 0.6) is 11.5 Å². The van der Waals surface area contributed by atoms with Crippen LogP contribution < -0.4 is 25.0 Å². The minimum Gasteiger partial charge on any atom is -0.497 e. The van der Waals surface area contributed by atoms with Gasteiger partial charge in [-0.05, 0) is 48.9 Å². The molecule has 2 aromatic rings. The summed E-state index contributed by atoms with van der Waals surface area (Å²) in [5.41, 5.74) is 2.62. The van der Waals surface area contributed by atoms with Gasteiger partial charge in [-0.1, -0.05) is 6.07 Å². The van der Waals surface area contributed by atoms with E-state index in [0.717, 1.165) is 37.5 Å². The minimum atomic E-state index is -0.701. The van der Waals surface area contributed by atoms with Crippen molar-refractivity contribution in [3.8, 4) is 11.5 Å². The third-order valence-corrected chi connectivity index (χ3v) is 5.33. The number of carbonyl (C=O) groups excluding carboxylic acids is 2. The lowest BCUT2D eigenvalue weighted by Gasteiger charge is -2.36. The largest absolute Gasteiger partial charge is 0.497 e. The predicted octanol–water partition coefficient (Wildman–Crippen LogP) is 1.89. The fourth-order valence-electron chi connectivity index (χ4n) is 3.53. The maximum atomic E-state index is 12.2. The number of ether oxygens (including phenoxy) is 2. The summed E-state index contributed by atoms with van der Waals surface area (Å²) in [6, 6.07) is 13.5. The molecule has 2 aromatic carbocycles. The Morgan fingerprint density at radius 2 is 1.65 bits per heavy atom. The first-order valence-electron chi connectivity index (χ1n) is 10.4. The van der Waals surface area contributed by atoms with E-state index in [4.69, 9.17) is 9.47 Å². The number of hydrogen-bond acceptors (Lipinski definition) is 6. The molecule has 166 valence electrons. The van der Waals surface area contributed by atoms with Crippen LogP contribution in [0.4, 0.5) is 11.4 Å². The highest BCUT2D eigenvalue weighted by Crippen LogP contribution is 2.25. The zero-order chi connectivity index (χ0) is 22.2. The molecule has 3 rings (SSSR count). The summed E-state index contributed by atoms with van der Waals surface area (Å²) in [6.45, 7) is 6.64. The van der Waals surface area contributed by atoms with Crippen LogP contribution in [0.3, 0.4) is 0 Å². The lowest BCUT2D eigenvalue weighted by atomic mass is 10.2. The second-order valence-corrected chi connectivity index (χ2v) is 7.44. The molecule has 0 radical (unpaired) electrons. The number of anilines is 2. The van der Waals surface area contributed by atoms with E-state index < -0.39 is 11.8 Å². The van der Waals surface area contributed by atoms with Gasteiger partial charge in [-0.15, -0.1) is 0 Å². The molecule has 2 amide bonds. The number of nitrogens with zero attached hydrogens (tertiary/aromatic N) is 2. The average Bonchev–Trinajstić information content (AvgIpc) is 2.79. The standard InChI is InChI=1S/C23H30N4O4/c1-17-4-9-21(31-3)20(16-17)25-23(29)22(28)24-10-11-26-12-14-27(15-13-26)18-5-7-19(30-2)8-6-18/h4-9,16H,10-15H2,1-3H3,(H,24,28)(H,25,29). The Morgan fingerprint density at radius 1 is 0.935 bits per heavy atom. The van der Waals surface area contributed by atoms with Crippen LogP contribution in [0.1, 0.15) is 5.56 Å². The van der Waals surface area contributed by atoms with E-state index >= 15 is 0 Å². The zero-order valence-corrected chi connectivity index (χ0v) is 18.3. The van der Waals surface area contributed by atoms with Crippen molar-refractivity contribution in [3.63, 3.8) is 0 Å². The van der Waals surface area contributed by atoms with Crippen LogP contribution >= 0.6 is 0 Å². The molecule has 8 heteroatoms. The number of methoxy groups -OCH3 is 2. The van der Waals surface area contributed by atoms with Crippen molar-refractivity contribution in [2.24, 2.45) is 0 Å². The van der Waals surface area contributed by atoms with Gasteiger partial charge in [0.1, 0.15) is 11.5 Å². The number of piperazine rings is 1. The summed E-state index contributed by atoms with van der Waals surface area (Å²) < 4.78 is 10.4. The van der Waals surface area contributed by atoms with Crippen molar-refractivity contribution >= 4 is 23.2 Å². The molecule has 0 unspecified atom stereocenters. The monoisotopic (exact) mass is 426 g/mol.